The first-order chi connectivity index (χ1) is 9.35. The lowest BCUT2D eigenvalue weighted by molar-refractivity contribution is 0.0922. The van der Waals surface area contributed by atoms with Crippen LogP contribution in [0.2, 0.25) is 0 Å². The molecule has 0 atom stereocenters. The van der Waals surface area contributed by atoms with Gasteiger partial charge in [-0.15, -0.1) is 0 Å². The van der Waals surface area contributed by atoms with Crippen LogP contribution in [0.5, 0.6) is 0 Å². The molecule has 3 N–H and O–H groups in total. The van der Waals surface area contributed by atoms with Crippen molar-refractivity contribution in [3.63, 3.8) is 0 Å². The van der Waals surface area contributed by atoms with Crippen molar-refractivity contribution in [1.82, 2.24) is 14.4 Å². The molecule has 0 radical (unpaired) electrons. The molecular formula is C12H19N5O2. The van der Waals surface area contributed by atoms with Crippen LogP contribution in [0, 0.1) is 0 Å². The van der Waals surface area contributed by atoms with Crippen LogP contribution in [-0.2, 0) is 4.74 Å². The maximum Gasteiger partial charge on any atom is 0.180 e. The van der Waals surface area contributed by atoms with Gasteiger partial charge in [0.15, 0.2) is 11.5 Å². The van der Waals surface area contributed by atoms with E-state index in [9.17, 15) is 0 Å². The average molecular weight is 265 g/mol. The van der Waals surface area contributed by atoms with E-state index in [4.69, 9.17) is 9.84 Å². The molecule has 0 spiro atoms. The molecule has 0 fully saturated rings. The number of nitrogens with zero attached hydrogens (tertiary/aromatic N) is 3. The first-order valence-corrected chi connectivity index (χ1v) is 6.29. The van der Waals surface area contributed by atoms with Gasteiger partial charge in [-0.1, -0.05) is 0 Å². The van der Waals surface area contributed by atoms with E-state index >= 15 is 0 Å². The molecule has 2 aromatic rings. The molecule has 7 heteroatoms. The Kier molecular flexibility index (Phi) is 4.93. The molecule has 0 bridgehead atoms. The number of hydrogen-bond donors (Lipinski definition) is 3. The molecule has 0 aliphatic carbocycles. The lowest BCUT2D eigenvalue weighted by Crippen LogP contribution is -2.10. The van der Waals surface area contributed by atoms with Crippen LogP contribution in [0.4, 0.5) is 11.6 Å². The molecule has 19 heavy (non-hydrogen) atoms. The summed E-state index contributed by atoms with van der Waals surface area (Å²) in [7, 11) is 1.83. The number of aliphatic hydroxyl groups is 1. The third kappa shape index (κ3) is 3.55. The number of anilines is 2. The number of ether oxygens (including phenoxy) is 1. The van der Waals surface area contributed by atoms with E-state index < -0.39 is 0 Å². The fourth-order valence-corrected chi connectivity index (χ4v) is 1.72. The van der Waals surface area contributed by atoms with Gasteiger partial charge in [-0.2, -0.15) is 0 Å². The van der Waals surface area contributed by atoms with Crippen LogP contribution in [0.3, 0.4) is 0 Å². The van der Waals surface area contributed by atoms with Gasteiger partial charge >= 0.3 is 0 Å². The molecule has 104 valence electrons. The molecule has 0 unspecified atom stereocenters. The molecule has 2 rings (SSSR count). The van der Waals surface area contributed by atoms with Gasteiger partial charge in [-0.3, -0.25) is 0 Å². The maximum absolute atomic E-state index is 8.58. The van der Waals surface area contributed by atoms with Gasteiger partial charge in [0.05, 0.1) is 19.4 Å². The number of aliphatic hydroxyl groups excluding tert-OH is 1. The van der Waals surface area contributed by atoms with Gasteiger partial charge in [0.2, 0.25) is 0 Å². The molecule has 0 aliphatic rings. The predicted molar refractivity (Wildman–Crippen MR) is 73.5 cm³/mol. The van der Waals surface area contributed by atoms with Crippen LogP contribution in [0.25, 0.3) is 5.65 Å². The molecule has 0 amide bonds. The Hall–Kier alpha value is -1.86. The number of nitrogens with one attached hydrogen (secondary N) is 2. The standard InChI is InChI=1S/C12H19N5O2/c1-13-10-9-17-5-4-15-12(17)11(16-10)14-3-2-7-19-8-6-18/h4-5,9,13,18H,2-3,6-8H2,1H3,(H,14,16). The first kappa shape index (κ1) is 13.6. The van der Waals surface area contributed by atoms with Crippen molar-refractivity contribution in [2.24, 2.45) is 0 Å². The third-order valence-electron chi connectivity index (χ3n) is 2.62. The van der Waals surface area contributed by atoms with E-state index in [0.717, 1.165) is 30.2 Å². The van der Waals surface area contributed by atoms with E-state index in [0.29, 0.717) is 13.2 Å². The molecule has 0 saturated heterocycles. The van der Waals surface area contributed by atoms with E-state index in [2.05, 4.69) is 20.6 Å². The second kappa shape index (κ2) is 6.91. The minimum Gasteiger partial charge on any atom is -0.394 e. The van der Waals surface area contributed by atoms with Crippen LogP contribution < -0.4 is 10.6 Å². The van der Waals surface area contributed by atoms with Gasteiger partial charge in [-0.05, 0) is 6.42 Å². The van der Waals surface area contributed by atoms with Crippen molar-refractivity contribution in [1.29, 1.82) is 0 Å². The number of aromatic nitrogens is 3. The fourth-order valence-electron chi connectivity index (χ4n) is 1.72. The van der Waals surface area contributed by atoms with E-state index in [1.807, 2.05) is 23.8 Å². The SMILES string of the molecule is CNc1cn2ccnc2c(NCCCOCCO)n1. The van der Waals surface area contributed by atoms with Gasteiger partial charge in [0.1, 0.15) is 5.82 Å². The Morgan fingerprint density at radius 3 is 3.11 bits per heavy atom. The largest absolute Gasteiger partial charge is 0.394 e. The van der Waals surface area contributed by atoms with Gasteiger partial charge in [-0.25, -0.2) is 9.97 Å². The lowest BCUT2D eigenvalue weighted by Gasteiger charge is -2.09. The lowest BCUT2D eigenvalue weighted by atomic mass is 10.4. The van der Waals surface area contributed by atoms with E-state index in [1.54, 1.807) is 6.20 Å². The summed E-state index contributed by atoms with van der Waals surface area (Å²) >= 11 is 0. The quantitative estimate of drug-likeness (QED) is 0.606. The summed E-state index contributed by atoms with van der Waals surface area (Å²) in [5, 5.41) is 14.8. The van der Waals surface area contributed by atoms with Crippen molar-refractivity contribution in [3.8, 4) is 0 Å². The highest BCUT2D eigenvalue weighted by molar-refractivity contribution is 5.65. The third-order valence-corrected chi connectivity index (χ3v) is 2.62. The highest BCUT2D eigenvalue weighted by atomic mass is 16.5. The minimum absolute atomic E-state index is 0.0634. The van der Waals surface area contributed by atoms with Crippen LogP contribution in [0.15, 0.2) is 18.6 Å². The summed E-state index contributed by atoms with van der Waals surface area (Å²) in [6.45, 7) is 1.81. The number of hydrogen-bond acceptors (Lipinski definition) is 6. The number of fused-ring (bicyclic) bond motifs is 1. The topological polar surface area (TPSA) is 83.7 Å². The predicted octanol–water partition coefficient (Wildman–Crippen LogP) is 0.582. The Morgan fingerprint density at radius 1 is 1.42 bits per heavy atom. The van der Waals surface area contributed by atoms with Crippen molar-refractivity contribution in [2.75, 3.05) is 44.0 Å². The van der Waals surface area contributed by atoms with Crippen LogP contribution >= 0.6 is 0 Å². The van der Waals surface area contributed by atoms with Crippen molar-refractivity contribution < 1.29 is 9.84 Å². The zero-order valence-electron chi connectivity index (χ0n) is 11.0. The molecule has 0 saturated carbocycles. The monoisotopic (exact) mass is 265 g/mol. The Bertz CT molecular complexity index is 514. The zero-order chi connectivity index (χ0) is 13.5. The fraction of sp³-hybridized carbons (Fsp3) is 0.500. The molecule has 2 aromatic heterocycles. The summed E-state index contributed by atoms with van der Waals surface area (Å²) in [5.74, 6) is 1.53. The van der Waals surface area contributed by atoms with Crippen LogP contribution in [0.1, 0.15) is 6.42 Å². The minimum atomic E-state index is 0.0634. The van der Waals surface area contributed by atoms with Gasteiger partial charge in [0, 0.05) is 32.6 Å². The van der Waals surface area contributed by atoms with E-state index in [1.165, 1.54) is 0 Å². The van der Waals surface area contributed by atoms with E-state index in [-0.39, 0.29) is 6.61 Å². The molecule has 0 aromatic carbocycles. The summed E-state index contributed by atoms with van der Waals surface area (Å²) in [6, 6.07) is 0. The van der Waals surface area contributed by atoms with Crippen molar-refractivity contribution in [3.05, 3.63) is 18.6 Å². The number of imidazole rings is 1. The average Bonchev–Trinajstić information content (AvgIpc) is 2.90. The van der Waals surface area contributed by atoms with Crippen molar-refractivity contribution >= 4 is 17.3 Å². The Labute approximate surface area is 111 Å². The first-order valence-electron chi connectivity index (χ1n) is 6.29. The molecule has 7 nitrogen and oxygen atoms in total. The highest BCUT2D eigenvalue weighted by Gasteiger charge is 2.05. The maximum atomic E-state index is 8.58. The smallest absolute Gasteiger partial charge is 0.180 e. The van der Waals surface area contributed by atoms with Crippen molar-refractivity contribution in [2.45, 2.75) is 6.42 Å². The summed E-state index contributed by atoms with van der Waals surface area (Å²) in [5.41, 5.74) is 0.801. The summed E-state index contributed by atoms with van der Waals surface area (Å²) in [6.07, 6.45) is 6.36. The Morgan fingerprint density at radius 2 is 2.32 bits per heavy atom. The van der Waals surface area contributed by atoms with Gasteiger partial charge < -0.3 is 24.9 Å². The second-order valence-electron chi connectivity index (χ2n) is 4.00. The molecule has 0 aliphatic heterocycles. The Balaban J connectivity index is 1.93. The molecular weight excluding hydrogens is 246 g/mol. The molecule has 2 heterocycles. The normalized spacial score (nSPS) is 10.8. The number of rotatable bonds is 8. The summed E-state index contributed by atoms with van der Waals surface area (Å²) < 4.78 is 7.11. The summed E-state index contributed by atoms with van der Waals surface area (Å²) in [4.78, 5) is 8.71. The van der Waals surface area contributed by atoms with Crippen LogP contribution in [-0.4, -0.2) is 52.9 Å². The highest BCUT2D eigenvalue weighted by Crippen LogP contribution is 2.15. The zero-order valence-corrected chi connectivity index (χ0v) is 11.0. The second-order valence-corrected chi connectivity index (χ2v) is 4.00. The van der Waals surface area contributed by atoms with Gasteiger partial charge in [0.25, 0.3) is 0 Å².